The Labute approximate surface area is 76.0 Å². The zero-order valence-corrected chi connectivity index (χ0v) is 7.42. The zero-order valence-electron chi connectivity index (χ0n) is 7.42. The first-order valence-corrected chi connectivity index (χ1v) is 4.36. The number of hydrogen-bond acceptors (Lipinski definition) is 2. The largest absolute Gasteiger partial charge is 0.325 e. The van der Waals surface area contributed by atoms with E-state index >= 15 is 0 Å². The maximum absolute atomic E-state index is 11.3. The first-order valence-electron chi connectivity index (χ1n) is 4.36. The molecule has 1 aliphatic rings. The van der Waals surface area contributed by atoms with E-state index in [4.69, 9.17) is 5.26 Å². The van der Waals surface area contributed by atoms with Gasteiger partial charge < -0.3 is 4.98 Å². The number of nitrogens with one attached hydrogen (secondary N) is 1. The lowest BCUT2D eigenvalue weighted by Crippen LogP contribution is -2.13. The number of hydrogen-bond donors (Lipinski definition) is 1. The number of H-pyrrole nitrogens is 1. The van der Waals surface area contributed by atoms with Crippen molar-refractivity contribution in [2.45, 2.75) is 25.7 Å². The summed E-state index contributed by atoms with van der Waals surface area (Å²) in [6.07, 6.45) is 2.31. The van der Waals surface area contributed by atoms with E-state index in [1.165, 1.54) is 0 Å². The number of nitrogens with zero attached hydrogens (tertiary/aromatic N) is 1. The van der Waals surface area contributed by atoms with Crippen molar-refractivity contribution in [3.05, 3.63) is 33.2 Å². The summed E-state index contributed by atoms with van der Waals surface area (Å²) in [7, 11) is 0. The van der Waals surface area contributed by atoms with E-state index in [9.17, 15) is 4.79 Å². The molecule has 0 radical (unpaired) electrons. The molecule has 1 aromatic rings. The fraction of sp³-hybridized carbons (Fsp3) is 0.400. The topological polar surface area (TPSA) is 56.6 Å². The molecule has 1 saturated carbocycles. The van der Waals surface area contributed by atoms with Crippen molar-refractivity contribution < 1.29 is 0 Å². The quantitative estimate of drug-likeness (QED) is 0.700. The van der Waals surface area contributed by atoms with Crippen molar-refractivity contribution in [3.63, 3.8) is 0 Å². The average molecular weight is 174 g/mol. The third-order valence-corrected chi connectivity index (χ3v) is 2.38. The smallest absolute Gasteiger partial charge is 0.266 e. The van der Waals surface area contributed by atoms with E-state index in [-0.39, 0.29) is 11.1 Å². The third-order valence-electron chi connectivity index (χ3n) is 2.38. The van der Waals surface area contributed by atoms with E-state index < -0.39 is 0 Å². The van der Waals surface area contributed by atoms with Gasteiger partial charge in [0.1, 0.15) is 11.6 Å². The van der Waals surface area contributed by atoms with Crippen LogP contribution in [-0.2, 0) is 0 Å². The van der Waals surface area contributed by atoms with Gasteiger partial charge >= 0.3 is 0 Å². The highest BCUT2D eigenvalue weighted by Gasteiger charge is 2.26. The van der Waals surface area contributed by atoms with Gasteiger partial charge in [-0.3, -0.25) is 4.79 Å². The van der Waals surface area contributed by atoms with Gasteiger partial charge in [-0.15, -0.1) is 0 Å². The Kier molecular flexibility index (Phi) is 1.70. The van der Waals surface area contributed by atoms with Crippen molar-refractivity contribution in [2.24, 2.45) is 0 Å². The molecular formula is C10H10N2O. The van der Waals surface area contributed by atoms with Crippen molar-refractivity contribution in [1.82, 2.24) is 4.98 Å². The minimum Gasteiger partial charge on any atom is -0.325 e. The fourth-order valence-corrected chi connectivity index (χ4v) is 1.53. The predicted molar refractivity (Wildman–Crippen MR) is 48.5 cm³/mol. The maximum Gasteiger partial charge on any atom is 0.266 e. The van der Waals surface area contributed by atoms with E-state index in [2.05, 4.69) is 4.98 Å². The first kappa shape index (κ1) is 8.06. The van der Waals surface area contributed by atoms with Crippen LogP contribution in [0, 0.1) is 18.3 Å². The lowest BCUT2D eigenvalue weighted by molar-refractivity contribution is 0.970. The molecule has 3 heteroatoms. The molecule has 2 rings (SSSR count). The first-order chi connectivity index (χ1) is 6.22. The Bertz CT molecular complexity index is 435. The maximum atomic E-state index is 11.3. The van der Waals surface area contributed by atoms with Crippen LogP contribution in [0.1, 0.15) is 35.6 Å². The minimum atomic E-state index is -0.255. The standard InChI is InChI=1S/C10H10N2O/c1-6-4-8(5-11)10(13)12-9(6)7-2-3-7/h4,7H,2-3H2,1H3,(H,12,13). The van der Waals surface area contributed by atoms with Crippen LogP contribution in [0.15, 0.2) is 10.9 Å². The van der Waals surface area contributed by atoms with Crippen molar-refractivity contribution in [3.8, 4) is 6.07 Å². The summed E-state index contributed by atoms with van der Waals surface area (Å²) in [6, 6.07) is 3.55. The highest BCUT2D eigenvalue weighted by molar-refractivity contribution is 5.34. The molecule has 1 N–H and O–H groups in total. The van der Waals surface area contributed by atoms with Gasteiger partial charge in [0, 0.05) is 5.69 Å². The predicted octanol–water partition coefficient (Wildman–Crippen LogP) is 1.43. The van der Waals surface area contributed by atoms with E-state index in [1.807, 2.05) is 13.0 Å². The Balaban J connectivity index is 2.57. The van der Waals surface area contributed by atoms with Gasteiger partial charge in [-0.1, -0.05) is 0 Å². The van der Waals surface area contributed by atoms with Crippen LogP contribution in [0.25, 0.3) is 0 Å². The SMILES string of the molecule is Cc1cc(C#N)c(=O)[nH]c1C1CC1. The van der Waals surface area contributed by atoms with Gasteiger partial charge in [-0.25, -0.2) is 0 Å². The van der Waals surface area contributed by atoms with Crippen LogP contribution in [0.4, 0.5) is 0 Å². The Morgan fingerprint density at radius 2 is 2.31 bits per heavy atom. The number of nitriles is 1. The number of rotatable bonds is 1. The normalized spacial score (nSPS) is 15.4. The van der Waals surface area contributed by atoms with Gasteiger partial charge in [0.15, 0.2) is 0 Å². The summed E-state index contributed by atoms with van der Waals surface area (Å²) in [4.78, 5) is 14.1. The summed E-state index contributed by atoms with van der Waals surface area (Å²) in [5, 5.41) is 8.62. The number of pyridine rings is 1. The zero-order chi connectivity index (χ0) is 9.42. The average Bonchev–Trinajstić information content (AvgIpc) is 2.91. The second-order valence-corrected chi connectivity index (χ2v) is 3.49. The van der Waals surface area contributed by atoms with Gasteiger partial charge in [0.05, 0.1) is 0 Å². The molecule has 0 unspecified atom stereocenters. The van der Waals surface area contributed by atoms with Gasteiger partial charge in [0.2, 0.25) is 0 Å². The molecule has 66 valence electrons. The third kappa shape index (κ3) is 1.35. The molecule has 0 aliphatic heterocycles. The van der Waals surface area contributed by atoms with Crippen molar-refractivity contribution in [1.29, 1.82) is 5.26 Å². The molecule has 0 amide bonds. The Morgan fingerprint density at radius 1 is 1.62 bits per heavy atom. The molecule has 0 saturated heterocycles. The van der Waals surface area contributed by atoms with Gasteiger partial charge in [-0.05, 0) is 37.3 Å². The van der Waals surface area contributed by atoms with Crippen LogP contribution in [0.5, 0.6) is 0 Å². The summed E-state index contributed by atoms with van der Waals surface area (Å²) in [6.45, 7) is 1.93. The van der Waals surface area contributed by atoms with Gasteiger partial charge in [0.25, 0.3) is 5.56 Å². The Morgan fingerprint density at radius 3 is 2.85 bits per heavy atom. The molecule has 13 heavy (non-hydrogen) atoms. The van der Waals surface area contributed by atoms with Crippen LogP contribution < -0.4 is 5.56 Å². The van der Waals surface area contributed by atoms with Crippen molar-refractivity contribution in [2.75, 3.05) is 0 Å². The monoisotopic (exact) mass is 174 g/mol. The number of aromatic nitrogens is 1. The summed E-state index contributed by atoms with van der Waals surface area (Å²) < 4.78 is 0. The van der Waals surface area contributed by atoms with E-state index in [0.29, 0.717) is 5.92 Å². The van der Waals surface area contributed by atoms with E-state index in [1.54, 1.807) is 6.07 Å². The molecule has 1 heterocycles. The fourth-order valence-electron chi connectivity index (χ4n) is 1.53. The van der Waals surface area contributed by atoms with Crippen molar-refractivity contribution >= 4 is 0 Å². The van der Waals surface area contributed by atoms with E-state index in [0.717, 1.165) is 24.1 Å². The highest BCUT2D eigenvalue weighted by atomic mass is 16.1. The highest BCUT2D eigenvalue weighted by Crippen LogP contribution is 2.39. The molecule has 0 bridgehead atoms. The van der Waals surface area contributed by atoms with Crippen LogP contribution in [0.2, 0.25) is 0 Å². The van der Waals surface area contributed by atoms with Crippen LogP contribution in [0.3, 0.4) is 0 Å². The molecule has 0 aromatic carbocycles. The minimum absolute atomic E-state index is 0.210. The van der Waals surface area contributed by atoms with Gasteiger partial charge in [-0.2, -0.15) is 5.26 Å². The molecule has 1 fully saturated rings. The molecule has 0 atom stereocenters. The second kappa shape index (κ2) is 2.74. The summed E-state index contributed by atoms with van der Waals surface area (Å²) in [5.74, 6) is 0.528. The molecular weight excluding hydrogens is 164 g/mol. The number of aryl methyl sites for hydroxylation is 1. The lowest BCUT2D eigenvalue weighted by Gasteiger charge is -2.02. The molecule has 3 nitrogen and oxygen atoms in total. The molecule has 1 aliphatic carbocycles. The summed E-state index contributed by atoms with van der Waals surface area (Å²) >= 11 is 0. The molecule has 1 aromatic heterocycles. The lowest BCUT2D eigenvalue weighted by atomic mass is 10.1. The summed E-state index contributed by atoms with van der Waals surface area (Å²) in [5.41, 5.74) is 2.00. The second-order valence-electron chi connectivity index (χ2n) is 3.49. The number of aromatic amines is 1. The van der Waals surface area contributed by atoms with Crippen LogP contribution in [-0.4, -0.2) is 4.98 Å². The van der Waals surface area contributed by atoms with Crippen LogP contribution >= 0.6 is 0 Å². The Hall–Kier alpha value is -1.56. The molecule has 0 spiro atoms.